The van der Waals surface area contributed by atoms with Gasteiger partial charge in [-0.3, -0.25) is 0 Å². The number of thioether (sulfide) groups is 1. The lowest BCUT2D eigenvalue weighted by molar-refractivity contribution is 0.270. The molecule has 0 spiro atoms. The molecule has 1 aliphatic rings. The predicted octanol–water partition coefficient (Wildman–Crippen LogP) is 0.808. The number of nitrogens with zero attached hydrogens (tertiary/aromatic N) is 2. The zero-order valence-corrected chi connectivity index (χ0v) is 9.46. The summed E-state index contributed by atoms with van der Waals surface area (Å²) < 4.78 is 0. The van der Waals surface area contributed by atoms with Crippen molar-refractivity contribution in [2.24, 2.45) is 16.8 Å². The van der Waals surface area contributed by atoms with Crippen LogP contribution in [0, 0.1) is 5.92 Å². The number of amidine groups is 1. The number of nitrogens with two attached hydrogens (primary N) is 1. The van der Waals surface area contributed by atoms with Gasteiger partial charge in [-0.2, -0.15) is 11.8 Å². The molecule has 1 rings (SSSR count). The third-order valence-corrected chi connectivity index (χ3v) is 3.52. The van der Waals surface area contributed by atoms with E-state index in [0.717, 1.165) is 19.6 Å². The van der Waals surface area contributed by atoms with Crippen molar-refractivity contribution in [1.82, 2.24) is 4.90 Å². The summed E-state index contributed by atoms with van der Waals surface area (Å²) >= 11 is 2.01. The highest BCUT2D eigenvalue weighted by Crippen LogP contribution is 2.11. The fraction of sp³-hybridized carbons (Fsp3) is 0.889. The second-order valence-corrected chi connectivity index (χ2v) is 4.92. The lowest BCUT2D eigenvalue weighted by Crippen LogP contribution is -2.36. The van der Waals surface area contributed by atoms with Crippen molar-refractivity contribution in [1.29, 1.82) is 0 Å². The molecular weight excluding hydrogens is 198 g/mol. The average molecular weight is 217 g/mol. The van der Waals surface area contributed by atoms with Crippen molar-refractivity contribution in [2.45, 2.75) is 13.3 Å². The van der Waals surface area contributed by atoms with Gasteiger partial charge < -0.3 is 15.8 Å². The second-order valence-electron chi connectivity index (χ2n) is 3.69. The third kappa shape index (κ3) is 3.75. The van der Waals surface area contributed by atoms with Crippen LogP contribution in [0.25, 0.3) is 0 Å². The zero-order chi connectivity index (χ0) is 10.4. The highest BCUT2D eigenvalue weighted by molar-refractivity contribution is 7.99. The highest BCUT2D eigenvalue weighted by atomic mass is 32.2. The zero-order valence-electron chi connectivity index (χ0n) is 8.65. The van der Waals surface area contributed by atoms with Gasteiger partial charge >= 0.3 is 0 Å². The van der Waals surface area contributed by atoms with E-state index in [9.17, 15) is 0 Å². The summed E-state index contributed by atoms with van der Waals surface area (Å²) in [6.45, 7) is 5.15. The first-order valence-corrected chi connectivity index (χ1v) is 6.17. The molecule has 1 aliphatic heterocycles. The van der Waals surface area contributed by atoms with Crippen molar-refractivity contribution in [3.8, 4) is 0 Å². The monoisotopic (exact) mass is 217 g/mol. The van der Waals surface area contributed by atoms with Crippen molar-refractivity contribution in [3.05, 3.63) is 0 Å². The Kier molecular flexibility index (Phi) is 5.11. The summed E-state index contributed by atoms with van der Waals surface area (Å²) in [6.07, 6.45) is 1.24. The van der Waals surface area contributed by atoms with Crippen LogP contribution in [0.2, 0.25) is 0 Å². The Labute approximate surface area is 89.5 Å². The van der Waals surface area contributed by atoms with E-state index < -0.39 is 0 Å². The summed E-state index contributed by atoms with van der Waals surface area (Å²) in [4.78, 5) is 2.39. The van der Waals surface area contributed by atoms with Gasteiger partial charge in [0.05, 0.1) is 0 Å². The fourth-order valence-corrected chi connectivity index (χ4v) is 2.48. The molecule has 1 heterocycles. The molecule has 4 nitrogen and oxygen atoms in total. The van der Waals surface area contributed by atoms with Gasteiger partial charge in [0.2, 0.25) is 0 Å². The minimum Gasteiger partial charge on any atom is -0.409 e. The topological polar surface area (TPSA) is 61.8 Å². The molecule has 5 heteroatoms. The van der Waals surface area contributed by atoms with E-state index in [2.05, 4.69) is 10.1 Å². The maximum absolute atomic E-state index is 8.53. The molecule has 0 bridgehead atoms. The molecule has 0 aromatic carbocycles. The lowest BCUT2D eigenvalue weighted by atomic mass is 10.1. The van der Waals surface area contributed by atoms with Gasteiger partial charge in [0.1, 0.15) is 5.84 Å². The van der Waals surface area contributed by atoms with Crippen LogP contribution in [0.15, 0.2) is 5.16 Å². The standard InChI is InChI=1S/C9H19N3OS/c1-8(9(10)11-13)7-12-3-2-5-14-6-4-12/h8,13H,2-7H2,1H3,(H2,10,11). The van der Waals surface area contributed by atoms with E-state index >= 15 is 0 Å². The van der Waals surface area contributed by atoms with E-state index in [1.807, 2.05) is 18.7 Å². The smallest absolute Gasteiger partial charge is 0.143 e. The summed E-state index contributed by atoms with van der Waals surface area (Å²) in [5.74, 6) is 2.93. The van der Waals surface area contributed by atoms with Gasteiger partial charge in [0.25, 0.3) is 0 Å². The maximum atomic E-state index is 8.53. The van der Waals surface area contributed by atoms with E-state index in [4.69, 9.17) is 10.9 Å². The van der Waals surface area contributed by atoms with E-state index in [1.54, 1.807) is 0 Å². The molecule has 0 aliphatic carbocycles. The van der Waals surface area contributed by atoms with Crippen molar-refractivity contribution < 1.29 is 5.21 Å². The molecule has 14 heavy (non-hydrogen) atoms. The van der Waals surface area contributed by atoms with Gasteiger partial charge in [-0.15, -0.1) is 0 Å². The van der Waals surface area contributed by atoms with Crippen molar-refractivity contribution in [2.75, 3.05) is 31.1 Å². The molecule has 1 atom stereocenters. The largest absolute Gasteiger partial charge is 0.409 e. The summed E-state index contributed by atoms with van der Waals surface area (Å²) in [6, 6.07) is 0. The average Bonchev–Trinajstić information content (AvgIpc) is 2.45. The van der Waals surface area contributed by atoms with Crippen LogP contribution in [-0.2, 0) is 0 Å². The first kappa shape index (κ1) is 11.7. The molecule has 0 saturated carbocycles. The molecule has 82 valence electrons. The van der Waals surface area contributed by atoms with E-state index in [-0.39, 0.29) is 5.92 Å². The van der Waals surface area contributed by atoms with Crippen LogP contribution in [0.5, 0.6) is 0 Å². The van der Waals surface area contributed by atoms with Crippen molar-refractivity contribution in [3.63, 3.8) is 0 Å². The molecule has 1 fully saturated rings. The van der Waals surface area contributed by atoms with Crippen LogP contribution in [0.3, 0.4) is 0 Å². The van der Waals surface area contributed by atoms with Crippen molar-refractivity contribution >= 4 is 17.6 Å². The number of hydrogen-bond donors (Lipinski definition) is 2. The van der Waals surface area contributed by atoms with Gasteiger partial charge in [-0.25, -0.2) is 0 Å². The Hall–Kier alpha value is -0.420. The van der Waals surface area contributed by atoms with Crippen LogP contribution in [0.4, 0.5) is 0 Å². The quantitative estimate of drug-likeness (QED) is 0.318. The first-order valence-electron chi connectivity index (χ1n) is 5.01. The number of rotatable bonds is 3. The van der Waals surface area contributed by atoms with Crippen LogP contribution in [0.1, 0.15) is 13.3 Å². The first-order chi connectivity index (χ1) is 6.74. The minimum absolute atomic E-state index is 0.142. The summed E-state index contributed by atoms with van der Waals surface area (Å²) in [5, 5.41) is 11.6. The molecule has 0 aromatic rings. The molecule has 1 saturated heterocycles. The molecule has 0 amide bonds. The third-order valence-electron chi connectivity index (χ3n) is 2.47. The van der Waals surface area contributed by atoms with Gasteiger partial charge in [0, 0.05) is 24.8 Å². The second kappa shape index (κ2) is 6.14. The summed E-state index contributed by atoms with van der Waals surface area (Å²) in [7, 11) is 0. The van der Waals surface area contributed by atoms with Crippen LogP contribution < -0.4 is 5.73 Å². The Balaban J connectivity index is 2.34. The van der Waals surface area contributed by atoms with E-state index in [1.165, 1.54) is 17.9 Å². The molecule has 0 radical (unpaired) electrons. The van der Waals surface area contributed by atoms with Gasteiger partial charge in [0.15, 0.2) is 0 Å². The molecular formula is C9H19N3OS. The Morgan fingerprint density at radius 2 is 2.36 bits per heavy atom. The number of hydrogen-bond acceptors (Lipinski definition) is 4. The fourth-order valence-electron chi connectivity index (χ4n) is 1.56. The van der Waals surface area contributed by atoms with Crippen LogP contribution in [-0.4, -0.2) is 47.1 Å². The Bertz CT molecular complexity index is 190. The summed E-state index contributed by atoms with van der Waals surface area (Å²) in [5.41, 5.74) is 5.54. The minimum atomic E-state index is 0.142. The Morgan fingerprint density at radius 3 is 3.07 bits per heavy atom. The normalized spacial score (nSPS) is 23.1. The predicted molar refractivity (Wildman–Crippen MR) is 61.0 cm³/mol. The van der Waals surface area contributed by atoms with E-state index in [0.29, 0.717) is 5.84 Å². The Morgan fingerprint density at radius 1 is 1.57 bits per heavy atom. The molecule has 1 unspecified atom stereocenters. The van der Waals surface area contributed by atoms with Crippen LogP contribution >= 0.6 is 11.8 Å². The van der Waals surface area contributed by atoms with Gasteiger partial charge in [-0.05, 0) is 18.7 Å². The maximum Gasteiger partial charge on any atom is 0.143 e. The SMILES string of the molecule is CC(CN1CCCSCC1)C(N)=NO. The number of oxime groups is 1. The molecule has 0 aromatic heterocycles. The highest BCUT2D eigenvalue weighted by Gasteiger charge is 2.15. The van der Waals surface area contributed by atoms with Gasteiger partial charge in [-0.1, -0.05) is 12.1 Å². The molecule has 3 N–H and O–H groups in total. The lowest BCUT2D eigenvalue weighted by Gasteiger charge is -2.22.